The van der Waals surface area contributed by atoms with Gasteiger partial charge in [-0.25, -0.2) is 0 Å². The lowest BCUT2D eigenvalue weighted by molar-refractivity contribution is 0.232. The predicted molar refractivity (Wildman–Crippen MR) is 102 cm³/mol. The van der Waals surface area contributed by atoms with Gasteiger partial charge in [-0.05, 0) is 0 Å². The van der Waals surface area contributed by atoms with Crippen LogP contribution in [-0.2, 0) is 0 Å². The predicted octanol–water partition coefficient (Wildman–Crippen LogP) is 2.55. The van der Waals surface area contributed by atoms with E-state index in [0.717, 1.165) is 0 Å². The molecule has 0 amide bonds. The van der Waals surface area contributed by atoms with Crippen LogP contribution in [0.4, 0.5) is 0 Å². The van der Waals surface area contributed by atoms with E-state index < -0.39 is 0 Å². The highest BCUT2D eigenvalue weighted by Crippen LogP contribution is 2.13. The molecule has 0 unspecified atom stereocenters. The lowest BCUT2D eigenvalue weighted by atomic mass is 10.4. The Bertz CT molecular complexity index is 199. The first-order chi connectivity index (χ1) is 9.95. The number of thioether (sulfide) groups is 4. The van der Waals surface area contributed by atoms with Gasteiger partial charge < -0.3 is 9.80 Å². The van der Waals surface area contributed by atoms with E-state index in [2.05, 4.69) is 56.8 Å². The van der Waals surface area contributed by atoms with Crippen molar-refractivity contribution >= 4 is 47.0 Å². The average molecular weight is 353 g/mol. The van der Waals surface area contributed by atoms with Crippen LogP contribution >= 0.6 is 47.0 Å². The summed E-state index contributed by atoms with van der Waals surface area (Å²) < 4.78 is 0. The first-order valence-corrected chi connectivity index (χ1v) is 12.3. The summed E-state index contributed by atoms with van der Waals surface area (Å²) in [5, 5.41) is 0. The Morgan fingerprint density at radius 2 is 0.750 bits per heavy atom. The van der Waals surface area contributed by atoms with Crippen LogP contribution in [0.5, 0.6) is 0 Å². The Balaban J connectivity index is 1.67. The minimum atomic E-state index is 1.27. The lowest BCUT2D eigenvalue weighted by Crippen LogP contribution is -2.39. The van der Waals surface area contributed by atoms with Crippen LogP contribution in [0.1, 0.15) is 0 Å². The summed E-state index contributed by atoms with van der Waals surface area (Å²) in [6.45, 7) is 7.73. The monoisotopic (exact) mass is 352 g/mol. The SMILES string of the molecule is C1CSCCN(CCN2CCSCCSCC2)CCS1. The van der Waals surface area contributed by atoms with Crippen molar-refractivity contribution in [1.29, 1.82) is 0 Å². The zero-order valence-electron chi connectivity index (χ0n) is 12.4. The van der Waals surface area contributed by atoms with Crippen LogP contribution in [0.3, 0.4) is 0 Å². The highest BCUT2D eigenvalue weighted by atomic mass is 32.2. The minimum absolute atomic E-state index is 1.27. The van der Waals surface area contributed by atoms with Crippen molar-refractivity contribution in [3.8, 4) is 0 Å². The van der Waals surface area contributed by atoms with Gasteiger partial charge in [0.15, 0.2) is 0 Å². The Hall–Kier alpha value is 1.32. The molecule has 0 aromatic heterocycles. The van der Waals surface area contributed by atoms with E-state index in [4.69, 9.17) is 0 Å². The maximum atomic E-state index is 2.69. The molecular formula is C14H28N2S4. The van der Waals surface area contributed by atoms with Gasteiger partial charge in [-0.15, -0.1) is 0 Å². The summed E-state index contributed by atoms with van der Waals surface area (Å²) in [5.41, 5.74) is 0. The first kappa shape index (κ1) is 17.7. The fourth-order valence-electron chi connectivity index (χ4n) is 2.37. The third kappa shape index (κ3) is 8.08. The average Bonchev–Trinajstić information content (AvgIpc) is 2.68. The normalized spacial score (nSPS) is 25.8. The van der Waals surface area contributed by atoms with Gasteiger partial charge >= 0.3 is 0 Å². The zero-order chi connectivity index (χ0) is 13.9. The number of hydrogen-bond acceptors (Lipinski definition) is 6. The third-order valence-electron chi connectivity index (χ3n) is 3.68. The molecule has 0 saturated carbocycles. The standard InChI is InChI=1S/C14H28N2S4/c1(15-3-7-17-11-12-18-8-4-15)2-16-5-9-19-13-14-20-10-6-16/h1-14H2. The molecule has 0 aliphatic carbocycles. The van der Waals surface area contributed by atoms with Crippen molar-refractivity contribution in [1.82, 2.24) is 9.80 Å². The largest absolute Gasteiger partial charge is 0.300 e. The van der Waals surface area contributed by atoms with Crippen LogP contribution in [-0.4, -0.2) is 95.1 Å². The summed E-state index contributed by atoms with van der Waals surface area (Å²) >= 11 is 8.53. The van der Waals surface area contributed by atoms with E-state index in [0.29, 0.717) is 0 Å². The Kier molecular flexibility index (Phi) is 10.5. The fraction of sp³-hybridized carbons (Fsp3) is 1.00. The van der Waals surface area contributed by atoms with Crippen LogP contribution in [0, 0.1) is 0 Å². The van der Waals surface area contributed by atoms with E-state index in [9.17, 15) is 0 Å². The molecule has 0 spiro atoms. The summed E-state index contributed by atoms with van der Waals surface area (Å²) in [6.07, 6.45) is 0. The number of nitrogens with zero attached hydrogens (tertiary/aromatic N) is 2. The molecule has 2 aliphatic heterocycles. The van der Waals surface area contributed by atoms with Crippen LogP contribution in [0.2, 0.25) is 0 Å². The molecule has 2 fully saturated rings. The Morgan fingerprint density at radius 1 is 0.450 bits per heavy atom. The smallest absolute Gasteiger partial charge is 0.0110 e. The first-order valence-electron chi connectivity index (χ1n) is 7.71. The quantitative estimate of drug-likeness (QED) is 0.764. The van der Waals surface area contributed by atoms with Crippen molar-refractivity contribution in [3.63, 3.8) is 0 Å². The van der Waals surface area contributed by atoms with Gasteiger partial charge in [-0.1, -0.05) is 0 Å². The number of rotatable bonds is 3. The lowest BCUT2D eigenvalue weighted by Gasteiger charge is -2.26. The second-order valence-corrected chi connectivity index (χ2v) is 10.0. The van der Waals surface area contributed by atoms with Gasteiger partial charge in [0.2, 0.25) is 0 Å². The molecule has 0 atom stereocenters. The highest BCUT2D eigenvalue weighted by molar-refractivity contribution is 8.03. The molecule has 2 rings (SSSR count). The van der Waals surface area contributed by atoms with Gasteiger partial charge in [0.1, 0.15) is 0 Å². The number of hydrogen-bond donors (Lipinski definition) is 0. The van der Waals surface area contributed by atoms with Gasteiger partial charge in [0.05, 0.1) is 0 Å². The topological polar surface area (TPSA) is 6.48 Å². The van der Waals surface area contributed by atoms with E-state index in [1.165, 1.54) is 85.3 Å². The van der Waals surface area contributed by atoms with Crippen LogP contribution < -0.4 is 0 Å². The fourth-order valence-corrected chi connectivity index (χ4v) is 6.62. The molecule has 118 valence electrons. The molecular weight excluding hydrogens is 324 g/mol. The molecule has 2 saturated heterocycles. The van der Waals surface area contributed by atoms with Gasteiger partial charge in [-0.3, -0.25) is 0 Å². The van der Waals surface area contributed by atoms with E-state index >= 15 is 0 Å². The summed E-state index contributed by atoms with van der Waals surface area (Å²) in [5.74, 6) is 10.7. The van der Waals surface area contributed by atoms with Crippen molar-refractivity contribution in [2.75, 3.05) is 85.3 Å². The molecule has 2 heterocycles. The second kappa shape index (κ2) is 11.8. The molecule has 0 aromatic rings. The van der Waals surface area contributed by atoms with Crippen molar-refractivity contribution in [3.05, 3.63) is 0 Å². The molecule has 2 nitrogen and oxygen atoms in total. The molecule has 0 bridgehead atoms. The maximum Gasteiger partial charge on any atom is 0.0110 e. The van der Waals surface area contributed by atoms with E-state index in [1.54, 1.807) is 0 Å². The van der Waals surface area contributed by atoms with Gasteiger partial charge in [0.25, 0.3) is 0 Å². The minimum Gasteiger partial charge on any atom is -0.300 e. The highest BCUT2D eigenvalue weighted by Gasteiger charge is 2.11. The molecule has 0 N–H and O–H groups in total. The van der Waals surface area contributed by atoms with E-state index in [-0.39, 0.29) is 0 Å². The molecule has 6 heteroatoms. The molecule has 2 aliphatic rings. The molecule has 0 aromatic carbocycles. The maximum absolute atomic E-state index is 2.69. The van der Waals surface area contributed by atoms with Crippen LogP contribution in [0.25, 0.3) is 0 Å². The Labute approximate surface area is 141 Å². The molecule has 20 heavy (non-hydrogen) atoms. The summed E-state index contributed by atoms with van der Waals surface area (Å²) in [6, 6.07) is 0. The van der Waals surface area contributed by atoms with Crippen molar-refractivity contribution < 1.29 is 0 Å². The molecule has 0 radical (unpaired) electrons. The van der Waals surface area contributed by atoms with Crippen molar-refractivity contribution in [2.24, 2.45) is 0 Å². The van der Waals surface area contributed by atoms with Crippen LogP contribution in [0.15, 0.2) is 0 Å². The third-order valence-corrected chi connectivity index (χ3v) is 8.06. The summed E-state index contributed by atoms with van der Waals surface area (Å²) in [7, 11) is 0. The van der Waals surface area contributed by atoms with Gasteiger partial charge in [0, 0.05) is 85.3 Å². The second-order valence-electron chi connectivity index (χ2n) is 5.13. The van der Waals surface area contributed by atoms with Crippen molar-refractivity contribution in [2.45, 2.75) is 0 Å². The summed E-state index contributed by atoms with van der Waals surface area (Å²) in [4.78, 5) is 5.39. The zero-order valence-corrected chi connectivity index (χ0v) is 15.7. The van der Waals surface area contributed by atoms with E-state index in [1.807, 2.05) is 0 Å². The Morgan fingerprint density at radius 3 is 1.05 bits per heavy atom. The van der Waals surface area contributed by atoms with Gasteiger partial charge in [-0.2, -0.15) is 47.0 Å².